The van der Waals surface area contributed by atoms with E-state index in [1.54, 1.807) is 6.92 Å². The molecule has 1 heterocycles. The van der Waals surface area contributed by atoms with Crippen molar-refractivity contribution in [2.75, 3.05) is 19.6 Å². The molecule has 2 rings (SSSR count). The summed E-state index contributed by atoms with van der Waals surface area (Å²) in [5.74, 6) is 0.913. The van der Waals surface area contributed by atoms with E-state index in [1.165, 1.54) is 6.42 Å². The zero-order valence-corrected chi connectivity index (χ0v) is 6.84. The van der Waals surface area contributed by atoms with Gasteiger partial charge in [-0.25, -0.2) is 0 Å². The highest BCUT2D eigenvalue weighted by Crippen LogP contribution is 2.57. The normalized spacial score (nSPS) is 31.8. The van der Waals surface area contributed by atoms with Crippen LogP contribution in [0.2, 0.25) is 0 Å². The van der Waals surface area contributed by atoms with E-state index in [0.29, 0.717) is 11.3 Å². The Kier molecular flexibility index (Phi) is 1.27. The summed E-state index contributed by atoms with van der Waals surface area (Å²) < 4.78 is 0. The van der Waals surface area contributed by atoms with Crippen molar-refractivity contribution in [3.63, 3.8) is 0 Å². The predicted molar refractivity (Wildman–Crippen MR) is 41.8 cm³/mol. The van der Waals surface area contributed by atoms with E-state index in [-0.39, 0.29) is 5.91 Å². The van der Waals surface area contributed by atoms with Crippen LogP contribution in [-0.2, 0) is 4.79 Å². The van der Waals surface area contributed by atoms with Gasteiger partial charge in [0.25, 0.3) is 0 Å². The lowest BCUT2D eigenvalue weighted by Gasteiger charge is -2.40. The Morgan fingerprint density at radius 3 is 2.73 bits per heavy atom. The molecule has 0 aromatic heterocycles. The molecule has 1 aliphatic heterocycles. The summed E-state index contributed by atoms with van der Waals surface area (Å²) in [6.45, 7) is 4.35. The van der Waals surface area contributed by atoms with Crippen LogP contribution in [0.4, 0.5) is 0 Å². The van der Waals surface area contributed by atoms with Gasteiger partial charge < -0.3 is 10.6 Å². The number of rotatable bonds is 1. The van der Waals surface area contributed by atoms with Crippen molar-refractivity contribution in [3.05, 3.63) is 0 Å². The molecule has 2 fully saturated rings. The molecule has 3 heteroatoms. The standard InChI is InChI=1S/C8H14N2O/c1-6(11)10-4-8(5-10)2-7(8)3-9/h7H,2-5,9H2,1H3. The number of carbonyl (C=O) groups is 1. The number of amides is 1. The molecule has 1 atom stereocenters. The number of hydrogen-bond acceptors (Lipinski definition) is 2. The van der Waals surface area contributed by atoms with Crippen molar-refractivity contribution in [2.24, 2.45) is 17.1 Å². The molecule has 1 spiro atoms. The minimum Gasteiger partial charge on any atom is -0.342 e. The minimum absolute atomic E-state index is 0.207. The monoisotopic (exact) mass is 154 g/mol. The number of hydrogen-bond donors (Lipinski definition) is 1. The Bertz CT molecular complexity index is 196. The van der Waals surface area contributed by atoms with E-state index in [2.05, 4.69) is 0 Å². The number of nitrogens with two attached hydrogens (primary N) is 1. The predicted octanol–water partition coefficient (Wildman–Crippen LogP) is -0.187. The van der Waals surface area contributed by atoms with E-state index in [4.69, 9.17) is 5.73 Å². The van der Waals surface area contributed by atoms with Crippen LogP contribution in [0.25, 0.3) is 0 Å². The lowest BCUT2D eigenvalue weighted by Crippen LogP contribution is -2.52. The molecule has 0 bridgehead atoms. The zero-order valence-electron chi connectivity index (χ0n) is 6.84. The van der Waals surface area contributed by atoms with Crippen LogP contribution >= 0.6 is 0 Å². The van der Waals surface area contributed by atoms with Gasteiger partial charge in [-0.2, -0.15) is 0 Å². The SMILES string of the molecule is CC(=O)N1CC2(CC2CN)C1. The van der Waals surface area contributed by atoms with Gasteiger partial charge in [-0.1, -0.05) is 0 Å². The Hall–Kier alpha value is -0.570. The Balaban J connectivity index is 1.85. The summed E-state index contributed by atoms with van der Waals surface area (Å²) in [6.07, 6.45) is 1.24. The van der Waals surface area contributed by atoms with Gasteiger partial charge in [0.2, 0.25) is 5.91 Å². The van der Waals surface area contributed by atoms with Gasteiger partial charge in [-0.05, 0) is 18.9 Å². The topological polar surface area (TPSA) is 46.3 Å². The maximum atomic E-state index is 10.8. The van der Waals surface area contributed by atoms with Crippen molar-refractivity contribution in [2.45, 2.75) is 13.3 Å². The fourth-order valence-corrected chi connectivity index (χ4v) is 2.09. The Morgan fingerprint density at radius 2 is 2.36 bits per heavy atom. The number of likely N-dealkylation sites (tertiary alicyclic amines) is 1. The highest BCUT2D eigenvalue weighted by atomic mass is 16.2. The summed E-state index contributed by atoms with van der Waals surface area (Å²) in [6, 6.07) is 0. The van der Waals surface area contributed by atoms with Crippen LogP contribution < -0.4 is 5.73 Å². The Morgan fingerprint density at radius 1 is 1.73 bits per heavy atom. The largest absolute Gasteiger partial charge is 0.342 e. The molecule has 3 nitrogen and oxygen atoms in total. The quantitative estimate of drug-likeness (QED) is 0.569. The van der Waals surface area contributed by atoms with Crippen molar-refractivity contribution >= 4 is 5.91 Å². The lowest BCUT2D eigenvalue weighted by atomic mass is 9.93. The van der Waals surface area contributed by atoms with E-state index < -0.39 is 0 Å². The van der Waals surface area contributed by atoms with E-state index in [9.17, 15) is 4.79 Å². The molecule has 1 saturated carbocycles. The van der Waals surface area contributed by atoms with Gasteiger partial charge in [-0.15, -0.1) is 0 Å². The minimum atomic E-state index is 0.207. The lowest BCUT2D eigenvalue weighted by molar-refractivity contribution is -0.136. The molecule has 1 amide bonds. The first-order chi connectivity index (χ1) is 5.18. The second kappa shape index (κ2) is 1.97. The fourth-order valence-electron chi connectivity index (χ4n) is 2.09. The zero-order chi connectivity index (χ0) is 8.06. The molecule has 1 unspecified atom stereocenters. The highest BCUT2D eigenvalue weighted by Gasteiger charge is 2.60. The third-order valence-electron chi connectivity index (χ3n) is 3.10. The van der Waals surface area contributed by atoms with E-state index in [0.717, 1.165) is 19.6 Å². The molecule has 0 aromatic rings. The first-order valence-electron chi connectivity index (χ1n) is 4.13. The number of nitrogens with zero attached hydrogens (tertiary/aromatic N) is 1. The Labute approximate surface area is 66.5 Å². The summed E-state index contributed by atoms with van der Waals surface area (Å²) in [4.78, 5) is 12.7. The highest BCUT2D eigenvalue weighted by molar-refractivity contribution is 5.74. The molecule has 2 aliphatic rings. The molecule has 0 aromatic carbocycles. The fraction of sp³-hybridized carbons (Fsp3) is 0.875. The summed E-state index contributed by atoms with van der Waals surface area (Å²) in [7, 11) is 0. The smallest absolute Gasteiger partial charge is 0.219 e. The van der Waals surface area contributed by atoms with Crippen LogP contribution in [0.15, 0.2) is 0 Å². The third-order valence-corrected chi connectivity index (χ3v) is 3.10. The van der Waals surface area contributed by atoms with Crippen molar-refractivity contribution in [3.8, 4) is 0 Å². The van der Waals surface area contributed by atoms with Crippen LogP contribution in [0.5, 0.6) is 0 Å². The summed E-state index contributed by atoms with van der Waals surface area (Å²) in [5.41, 5.74) is 6.01. The summed E-state index contributed by atoms with van der Waals surface area (Å²) in [5, 5.41) is 0. The van der Waals surface area contributed by atoms with Crippen LogP contribution in [0.3, 0.4) is 0 Å². The van der Waals surface area contributed by atoms with Crippen molar-refractivity contribution in [1.29, 1.82) is 0 Å². The van der Waals surface area contributed by atoms with Crippen LogP contribution in [0.1, 0.15) is 13.3 Å². The van der Waals surface area contributed by atoms with Crippen LogP contribution in [0, 0.1) is 11.3 Å². The van der Waals surface area contributed by atoms with Gasteiger partial charge in [0.1, 0.15) is 0 Å². The summed E-state index contributed by atoms with van der Waals surface area (Å²) >= 11 is 0. The maximum Gasteiger partial charge on any atom is 0.219 e. The molecular formula is C8H14N2O. The average Bonchev–Trinajstić information content (AvgIpc) is 2.57. The second-order valence-corrected chi connectivity index (χ2v) is 3.87. The molecular weight excluding hydrogens is 140 g/mol. The van der Waals surface area contributed by atoms with Crippen molar-refractivity contribution < 1.29 is 4.79 Å². The van der Waals surface area contributed by atoms with Crippen LogP contribution in [-0.4, -0.2) is 30.4 Å². The number of carbonyl (C=O) groups excluding carboxylic acids is 1. The molecule has 2 N–H and O–H groups in total. The second-order valence-electron chi connectivity index (χ2n) is 3.87. The van der Waals surface area contributed by atoms with Gasteiger partial charge in [-0.3, -0.25) is 4.79 Å². The molecule has 0 radical (unpaired) electrons. The van der Waals surface area contributed by atoms with E-state index in [1.807, 2.05) is 4.90 Å². The van der Waals surface area contributed by atoms with Gasteiger partial charge in [0.05, 0.1) is 0 Å². The van der Waals surface area contributed by atoms with Gasteiger partial charge in [0.15, 0.2) is 0 Å². The average molecular weight is 154 g/mol. The van der Waals surface area contributed by atoms with Crippen molar-refractivity contribution in [1.82, 2.24) is 4.90 Å². The first kappa shape index (κ1) is 7.10. The molecule has 11 heavy (non-hydrogen) atoms. The maximum absolute atomic E-state index is 10.8. The van der Waals surface area contributed by atoms with E-state index >= 15 is 0 Å². The van der Waals surface area contributed by atoms with Gasteiger partial charge in [0, 0.05) is 25.4 Å². The molecule has 1 aliphatic carbocycles. The molecule has 1 saturated heterocycles. The first-order valence-corrected chi connectivity index (χ1v) is 4.13. The molecule has 62 valence electrons. The van der Waals surface area contributed by atoms with Gasteiger partial charge >= 0.3 is 0 Å². The third kappa shape index (κ3) is 0.872.